The van der Waals surface area contributed by atoms with Gasteiger partial charge in [0.15, 0.2) is 9.84 Å². The second-order valence-corrected chi connectivity index (χ2v) is 10.5. The van der Waals surface area contributed by atoms with E-state index in [2.05, 4.69) is 5.10 Å². The molecule has 4 nitrogen and oxygen atoms in total. The maximum absolute atomic E-state index is 14.2. The second-order valence-electron chi connectivity index (χ2n) is 8.05. The van der Waals surface area contributed by atoms with Crippen LogP contribution < -0.4 is 5.01 Å². The molecule has 11 heteroatoms. The van der Waals surface area contributed by atoms with Gasteiger partial charge < -0.3 is 0 Å². The van der Waals surface area contributed by atoms with Crippen molar-refractivity contribution in [3.05, 3.63) is 83.4 Å². The Labute approximate surface area is 203 Å². The summed E-state index contributed by atoms with van der Waals surface area (Å²) in [6, 6.07) is 18.0. The Morgan fingerprint density at radius 3 is 1.94 bits per heavy atom. The number of benzene rings is 3. The number of hydrazone groups is 1. The van der Waals surface area contributed by atoms with Crippen LogP contribution in [0.4, 0.5) is 27.6 Å². The molecule has 0 spiro atoms. The fourth-order valence-electron chi connectivity index (χ4n) is 3.78. The maximum atomic E-state index is 14.2. The first-order valence-electron chi connectivity index (χ1n) is 10.3. The summed E-state index contributed by atoms with van der Waals surface area (Å²) in [4.78, 5) is 0.162. The summed E-state index contributed by atoms with van der Waals surface area (Å²) in [5, 5.41) is 4.91. The molecule has 1 heterocycles. The fraction of sp³-hybridized carbons (Fsp3) is 0.208. The molecule has 1 atom stereocenters. The number of anilines is 1. The van der Waals surface area contributed by atoms with Crippen LogP contribution in [0.1, 0.15) is 18.0 Å². The minimum atomic E-state index is -5.78. The lowest BCUT2D eigenvalue weighted by Gasteiger charge is -2.25. The lowest BCUT2D eigenvalue weighted by molar-refractivity contribution is -0.249. The van der Waals surface area contributed by atoms with Crippen LogP contribution in [0.5, 0.6) is 0 Å². The topological polar surface area (TPSA) is 49.7 Å². The van der Waals surface area contributed by atoms with Crippen LogP contribution in [0.15, 0.2) is 82.8 Å². The van der Waals surface area contributed by atoms with Gasteiger partial charge in [-0.15, -0.1) is 0 Å². The Kier molecular flexibility index (Phi) is 6.39. The van der Waals surface area contributed by atoms with E-state index in [1.807, 2.05) is 0 Å². The largest absolute Gasteiger partial charge is 0.459 e. The number of alkyl halides is 5. The maximum Gasteiger partial charge on any atom is 0.459 e. The smallest absolute Gasteiger partial charge is 0.256 e. The van der Waals surface area contributed by atoms with Crippen molar-refractivity contribution in [3.8, 4) is 11.1 Å². The van der Waals surface area contributed by atoms with Crippen LogP contribution in [0.3, 0.4) is 0 Å². The average Bonchev–Trinajstić information content (AvgIpc) is 3.24. The molecule has 0 fully saturated rings. The number of halogens is 6. The second kappa shape index (κ2) is 8.91. The summed E-state index contributed by atoms with van der Waals surface area (Å²) in [6.07, 6.45) is -5.34. The molecular formula is C24H18ClF5N2O2S. The number of hydrogen-bond donors (Lipinski definition) is 0. The molecule has 1 unspecified atom stereocenters. The highest BCUT2D eigenvalue weighted by atomic mass is 35.5. The van der Waals surface area contributed by atoms with E-state index in [1.54, 1.807) is 48.5 Å². The van der Waals surface area contributed by atoms with Gasteiger partial charge >= 0.3 is 12.1 Å². The highest BCUT2D eigenvalue weighted by Gasteiger charge is 2.62. The van der Waals surface area contributed by atoms with Gasteiger partial charge in [-0.05, 0) is 41.0 Å². The molecule has 3 aromatic rings. The van der Waals surface area contributed by atoms with Crippen molar-refractivity contribution >= 4 is 32.8 Å². The van der Waals surface area contributed by atoms with Gasteiger partial charge in [-0.2, -0.15) is 27.1 Å². The molecule has 3 aromatic carbocycles. The first-order valence-corrected chi connectivity index (χ1v) is 12.5. The molecule has 0 amide bonds. The number of para-hydroxylation sites is 1. The summed E-state index contributed by atoms with van der Waals surface area (Å²) in [5.41, 5.74) is 0.776. The first-order chi connectivity index (χ1) is 16.3. The molecule has 184 valence electrons. The minimum Gasteiger partial charge on any atom is -0.256 e. The first kappa shape index (κ1) is 25.1. The van der Waals surface area contributed by atoms with Crippen molar-refractivity contribution in [2.24, 2.45) is 5.10 Å². The summed E-state index contributed by atoms with van der Waals surface area (Å²) >= 11 is 6.20. The van der Waals surface area contributed by atoms with E-state index in [0.717, 1.165) is 11.3 Å². The Hall–Kier alpha value is -2.98. The van der Waals surface area contributed by atoms with E-state index in [9.17, 15) is 30.4 Å². The van der Waals surface area contributed by atoms with Crippen molar-refractivity contribution in [3.63, 3.8) is 0 Å². The number of nitrogens with zero attached hydrogens (tertiary/aromatic N) is 2. The highest BCUT2D eigenvalue weighted by molar-refractivity contribution is 7.90. The van der Waals surface area contributed by atoms with Crippen molar-refractivity contribution in [1.82, 2.24) is 0 Å². The van der Waals surface area contributed by atoms with Crippen LogP contribution in [-0.2, 0) is 9.84 Å². The zero-order valence-corrected chi connectivity index (χ0v) is 19.7. The van der Waals surface area contributed by atoms with Crippen LogP contribution in [0, 0.1) is 0 Å². The quantitative estimate of drug-likeness (QED) is 0.338. The van der Waals surface area contributed by atoms with E-state index >= 15 is 0 Å². The molecule has 0 saturated carbocycles. The third-order valence-corrected chi connectivity index (χ3v) is 7.09. The van der Waals surface area contributed by atoms with Crippen LogP contribution in [0.2, 0.25) is 5.02 Å². The molecule has 0 N–H and O–H groups in total. The SMILES string of the molecule is CS(=O)(=O)c1ccc(-c2ccc(C3CC(C(F)(F)C(F)(F)F)=NN3c3ccccc3Cl)cc2)cc1. The molecule has 0 saturated heterocycles. The van der Waals surface area contributed by atoms with Gasteiger partial charge in [0, 0.05) is 12.7 Å². The molecule has 0 aromatic heterocycles. The Balaban J connectivity index is 1.69. The molecule has 0 radical (unpaired) electrons. The molecule has 4 rings (SSSR count). The predicted molar refractivity (Wildman–Crippen MR) is 125 cm³/mol. The van der Waals surface area contributed by atoms with Gasteiger partial charge in [-0.3, -0.25) is 5.01 Å². The van der Waals surface area contributed by atoms with Crippen molar-refractivity contribution < 1.29 is 30.4 Å². The van der Waals surface area contributed by atoms with E-state index < -0.39 is 40.1 Å². The number of sulfone groups is 1. The Morgan fingerprint density at radius 1 is 0.886 bits per heavy atom. The van der Waals surface area contributed by atoms with E-state index in [0.29, 0.717) is 16.7 Å². The lowest BCUT2D eigenvalue weighted by Crippen LogP contribution is -2.43. The van der Waals surface area contributed by atoms with Crippen molar-refractivity contribution in [1.29, 1.82) is 0 Å². The van der Waals surface area contributed by atoms with Gasteiger partial charge in [0.2, 0.25) is 0 Å². The Morgan fingerprint density at radius 2 is 1.43 bits per heavy atom. The average molecular weight is 529 g/mol. The molecule has 0 aliphatic carbocycles. The zero-order chi connectivity index (χ0) is 25.6. The van der Waals surface area contributed by atoms with Crippen LogP contribution in [-0.4, -0.2) is 32.5 Å². The third kappa shape index (κ3) is 4.90. The molecule has 1 aliphatic heterocycles. The summed E-state index contributed by atoms with van der Waals surface area (Å²) in [7, 11) is -3.35. The zero-order valence-electron chi connectivity index (χ0n) is 18.1. The van der Waals surface area contributed by atoms with Crippen LogP contribution >= 0.6 is 11.6 Å². The van der Waals surface area contributed by atoms with E-state index in [-0.39, 0.29) is 15.6 Å². The van der Waals surface area contributed by atoms with Crippen molar-refractivity contribution in [2.75, 3.05) is 11.3 Å². The minimum absolute atomic E-state index is 0.153. The van der Waals surface area contributed by atoms with Crippen LogP contribution in [0.25, 0.3) is 11.1 Å². The van der Waals surface area contributed by atoms with Gasteiger partial charge in [0.1, 0.15) is 5.71 Å². The fourth-order valence-corrected chi connectivity index (χ4v) is 4.63. The van der Waals surface area contributed by atoms with Gasteiger partial charge in [0.25, 0.3) is 0 Å². The molecule has 0 bridgehead atoms. The van der Waals surface area contributed by atoms with Crippen molar-refractivity contribution in [2.45, 2.75) is 29.5 Å². The van der Waals surface area contributed by atoms with Gasteiger partial charge in [-0.1, -0.05) is 60.1 Å². The lowest BCUT2D eigenvalue weighted by atomic mass is 9.96. The normalized spacial score (nSPS) is 16.9. The summed E-state index contributed by atoms with van der Waals surface area (Å²) in [5.74, 6) is -5.09. The van der Waals surface area contributed by atoms with Gasteiger partial charge in [-0.25, -0.2) is 8.42 Å². The third-order valence-electron chi connectivity index (χ3n) is 5.64. The molecular weight excluding hydrogens is 511 g/mol. The highest BCUT2D eigenvalue weighted by Crippen LogP contribution is 2.45. The number of rotatable bonds is 5. The standard InChI is InChI=1S/C24H18ClF5N2O2S/c1-35(33,34)18-12-10-16(11-13-18)15-6-8-17(9-7-15)21-14-22(23(26,27)24(28,29)30)31-32(21)20-5-3-2-4-19(20)25/h2-13,21H,14H2,1H3. The Bertz CT molecular complexity index is 1370. The summed E-state index contributed by atoms with van der Waals surface area (Å²) < 4.78 is 90.8. The predicted octanol–water partition coefficient (Wildman–Crippen LogP) is 6.92. The number of hydrogen-bond acceptors (Lipinski definition) is 4. The summed E-state index contributed by atoms with van der Waals surface area (Å²) in [6.45, 7) is 0. The van der Waals surface area contributed by atoms with E-state index in [4.69, 9.17) is 11.6 Å². The molecule has 35 heavy (non-hydrogen) atoms. The van der Waals surface area contributed by atoms with E-state index in [1.165, 1.54) is 24.3 Å². The van der Waals surface area contributed by atoms with Gasteiger partial charge in [0.05, 0.1) is 21.6 Å². The monoisotopic (exact) mass is 528 g/mol. The molecule has 1 aliphatic rings.